The number of halogens is 2. The Labute approximate surface area is 243 Å². The lowest BCUT2D eigenvalue weighted by Crippen LogP contribution is -2.58. The van der Waals surface area contributed by atoms with Crippen molar-refractivity contribution in [1.82, 2.24) is 5.32 Å². The van der Waals surface area contributed by atoms with Crippen LogP contribution in [0.15, 0.2) is 52.9 Å². The number of nitrogens with one attached hydrogen (secondary N) is 1. The fraction of sp³-hybridized carbons (Fsp3) is 0.438. The molecule has 0 spiro atoms. The number of sulfone groups is 1. The van der Waals surface area contributed by atoms with E-state index in [0.29, 0.717) is 36.0 Å². The molecule has 2 saturated carbocycles. The Kier molecular flexibility index (Phi) is 7.92. The van der Waals surface area contributed by atoms with E-state index in [1.807, 2.05) is 24.3 Å². The maximum Gasteiger partial charge on any atom is 0.287 e. The monoisotopic (exact) mass is 597 g/mol. The highest BCUT2D eigenvalue weighted by atomic mass is 32.2. The summed E-state index contributed by atoms with van der Waals surface area (Å²) in [5, 5.41) is 3.45. The number of ketones is 1. The molecule has 0 atom stereocenters. The van der Waals surface area contributed by atoms with E-state index in [0.717, 1.165) is 11.1 Å². The third kappa shape index (κ3) is 6.84. The number of terminal acetylenes is 1. The smallest absolute Gasteiger partial charge is 0.287 e. The number of rotatable bonds is 11. The summed E-state index contributed by atoms with van der Waals surface area (Å²) in [6, 6.07) is 14.4. The predicted molar refractivity (Wildman–Crippen MR) is 155 cm³/mol. The van der Waals surface area contributed by atoms with Crippen LogP contribution in [0.25, 0.3) is 22.1 Å². The van der Waals surface area contributed by atoms with Crippen LogP contribution in [0.3, 0.4) is 0 Å². The average molecular weight is 598 g/mol. The molecule has 0 saturated heterocycles. The molecule has 1 aromatic heterocycles. The molecular weight excluding hydrogens is 564 g/mol. The first-order chi connectivity index (χ1) is 19.8. The van der Waals surface area contributed by atoms with E-state index in [1.165, 1.54) is 6.26 Å². The van der Waals surface area contributed by atoms with Gasteiger partial charge in [-0.3, -0.25) is 9.59 Å². The molecule has 1 amide bonds. The molecular formula is C32H33F2NO6S. The maximum absolute atomic E-state index is 14.0. The minimum absolute atomic E-state index is 0.0115. The van der Waals surface area contributed by atoms with E-state index in [-0.39, 0.29) is 43.2 Å². The zero-order valence-corrected chi connectivity index (χ0v) is 24.2. The van der Waals surface area contributed by atoms with Gasteiger partial charge in [0.2, 0.25) is 5.92 Å². The summed E-state index contributed by atoms with van der Waals surface area (Å²) in [6.45, 7) is 0.287. The summed E-state index contributed by atoms with van der Waals surface area (Å²) in [6.07, 6.45) is 7.39. The standard InChI is InChI=1S/C32H33F2NO6S/c1-3-30(11-12-30)21-28(36)31(13-15-32(33,34)16-14-31)35-29(37)27-20-24-6-5-23(19-26(24)41-27)22-7-9-25(10-8-22)40-17-4-18-42(2,38)39/h1,5-10,19-20H,4,11-18,21H2,2H3,(H,35,37). The molecule has 42 heavy (non-hydrogen) atoms. The lowest BCUT2D eigenvalue weighted by Gasteiger charge is -2.39. The van der Waals surface area contributed by atoms with Crippen LogP contribution in [-0.2, 0) is 14.6 Å². The predicted octanol–water partition coefficient (Wildman–Crippen LogP) is 5.96. The van der Waals surface area contributed by atoms with Crippen molar-refractivity contribution in [1.29, 1.82) is 0 Å². The molecule has 3 aromatic rings. The Morgan fingerprint density at radius 3 is 2.29 bits per heavy atom. The molecule has 2 aromatic carbocycles. The molecule has 1 N–H and O–H groups in total. The van der Waals surface area contributed by atoms with Crippen LogP contribution in [0.1, 0.15) is 61.9 Å². The first-order valence-electron chi connectivity index (χ1n) is 14.0. The molecule has 5 rings (SSSR count). The number of amides is 1. The van der Waals surface area contributed by atoms with Gasteiger partial charge < -0.3 is 14.5 Å². The van der Waals surface area contributed by atoms with Gasteiger partial charge in [0.1, 0.15) is 21.2 Å². The molecule has 10 heteroatoms. The van der Waals surface area contributed by atoms with Crippen LogP contribution in [-0.4, -0.2) is 50.2 Å². The van der Waals surface area contributed by atoms with Crippen molar-refractivity contribution < 1.29 is 35.9 Å². The number of Topliss-reactive ketones (excluding diaryl/α,β-unsaturated/α-hetero) is 1. The van der Waals surface area contributed by atoms with Crippen molar-refractivity contribution in [3.63, 3.8) is 0 Å². The van der Waals surface area contributed by atoms with Crippen LogP contribution in [0.5, 0.6) is 5.75 Å². The zero-order valence-electron chi connectivity index (χ0n) is 23.4. The Morgan fingerprint density at radius 2 is 1.67 bits per heavy atom. The Balaban J connectivity index is 1.29. The third-order valence-electron chi connectivity index (χ3n) is 8.24. The van der Waals surface area contributed by atoms with Gasteiger partial charge >= 0.3 is 0 Å². The van der Waals surface area contributed by atoms with E-state index in [1.54, 1.807) is 24.3 Å². The lowest BCUT2D eigenvalue weighted by atomic mass is 9.74. The highest BCUT2D eigenvalue weighted by Crippen LogP contribution is 2.50. The maximum atomic E-state index is 14.0. The summed E-state index contributed by atoms with van der Waals surface area (Å²) in [7, 11) is -3.03. The second-order valence-corrected chi connectivity index (χ2v) is 13.9. The SMILES string of the molecule is C#CC1(CC(=O)C2(NC(=O)c3cc4ccc(-c5ccc(OCCCS(C)(=O)=O)cc5)cc4o3)CCC(F)(F)CC2)CC1. The quantitative estimate of drug-likeness (QED) is 0.216. The van der Waals surface area contributed by atoms with Gasteiger partial charge in [0.05, 0.1) is 17.9 Å². The third-order valence-corrected chi connectivity index (χ3v) is 9.27. The van der Waals surface area contributed by atoms with Crippen LogP contribution >= 0.6 is 0 Å². The highest BCUT2D eigenvalue weighted by molar-refractivity contribution is 7.90. The van der Waals surface area contributed by atoms with Crippen molar-refractivity contribution in [2.24, 2.45) is 5.41 Å². The van der Waals surface area contributed by atoms with Gasteiger partial charge in [-0.05, 0) is 67.5 Å². The van der Waals surface area contributed by atoms with E-state index in [9.17, 15) is 26.8 Å². The van der Waals surface area contributed by atoms with Gasteiger partial charge in [0.15, 0.2) is 11.5 Å². The number of carbonyl (C=O) groups excluding carboxylic acids is 2. The summed E-state index contributed by atoms with van der Waals surface area (Å²) in [5.74, 6) is -0.476. The van der Waals surface area contributed by atoms with E-state index >= 15 is 0 Å². The van der Waals surface area contributed by atoms with Gasteiger partial charge in [-0.15, -0.1) is 6.42 Å². The minimum Gasteiger partial charge on any atom is -0.494 e. The normalized spacial score (nSPS) is 18.6. The lowest BCUT2D eigenvalue weighted by molar-refractivity contribution is -0.131. The van der Waals surface area contributed by atoms with Gasteiger partial charge in [-0.25, -0.2) is 17.2 Å². The van der Waals surface area contributed by atoms with Crippen molar-refractivity contribution >= 4 is 32.5 Å². The summed E-state index contributed by atoms with van der Waals surface area (Å²) < 4.78 is 62.1. The summed E-state index contributed by atoms with van der Waals surface area (Å²) >= 11 is 0. The molecule has 2 fully saturated rings. The van der Waals surface area contributed by atoms with Crippen molar-refractivity contribution in [2.45, 2.75) is 62.8 Å². The Morgan fingerprint density at radius 1 is 1.00 bits per heavy atom. The largest absolute Gasteiger partial charge is 0.494 e. The summed E-state index contributed by atoms with van der Waals surface area (Å²) in [5.41, 5.74) is 0.214. The Bertz CT molecular complexity index is 1640. The van der Waals surface area contributed by atoms with Gasteiger partial charge in [-0.1, -0.05) is 30.2 Å². The van der Waals surface area contributed by atoms with Crippen LogP contribution in [0, 0.1) is 17.8 Å². The number of benzene rings is 2. The summed E-state index contributed by atoms with van der Waals surface area (Å²) in [4.78, 5) is 26.7. The molecule has 0 bridgehead atoms. The number of hydrogen-bond acceptors (Lipinski definition) is 6. The van der Waals surface area contributed by atoms with Crippen LogP contribution in [0.4, 0.5) is 8.78 Å². The Hall–Kier alpha value is -3.71. The van der Waals surface area contributed by atoms with Gasteiger partial charge in [0, 0.05) is 36.3 Å². The minimum atomic E-state index is -3.03. The molecule has 0 unspecified atom stereocenters. The molecule has 1 heterocycles. The number of hydrogen-bond donors (Lipinski definition) is 1. The number of ether oxygens (including phenoxy) is 1. The zero-order chi connectivity index (χ0) is 30.2. The van der Waals surface area contributed by atoms with Crippen LogP contribution < -0.4 is 10.1 Å². The topological polar surface area (TPSA) is 103 Å². The number of furan rings is 1. The van der Waals surface area contributed by atoms with Crippen molar-refractivity contribution in [3.05, 3.63) is 54.3 Å². The average Bonchev–Trinajstić information content (AvgIpc) is 3.58. The van der Waals surface area contributed by atoms with Crippen LogP contribution in [0.2, 0.25) is 0 Å². The number of carbonyl (C=O) groups is 2. The van der Waals surface area contributed by atoms with Crippen molar-refractivity contribution in [3.8, 4) is 29.2 Å². The highest BCUT2D eigenvalue weighted by Gasteiger charge is 2.52. The number of alkyl halides is 2. The van der Waals surface area contributed by atoms with Gasteiger partial charge in [0.25, 0.3) is 5.91 Å². The molecule has 222 valence electrons. The molecule has 0 radical (unpaired) electrons. The fourth-order valence-corrected chi connectivity index (χ4v) is 6.01. The molecule has 7 nitrogen and oxygen atoms in total. The second-order valence-electron chi connectivity index (χ2n) is 11.6. The van der Waals surface area contributed by atoms with Gasteiger partial charge in [-0.2, -0.15) is 0 Å². The number of fused-ring (bicyclic) bond motifs is 1. The van der Waals surface area contributed by atoms with E-state index < -0.39 is 45.5 Å². The first kappa shape index (κ1) is 29.8. The van der Waals surface area contributed by atoms with Crippen molar-refractivity contribution in [2.75, 3.05) is 18.6 Å². The van der Waals surface area contributed by atoms with E-state index in [2.05, 4.69) is 11.2 Å². The molecule has 0 aliphatic heterocycles. The second kappa shape index (κ2) is 11.2. The molecule has 2 aliphatic rings. The molecule has 2 aliphatic carbocycles. The fourth-order valence-electron chi connectivity index (χ4n) is 5.37. The first-order valence-corrected chi connectivity index (χ1v) is 16.0. The van der Waals surface area contributed by atoms with E-state index in [4.69, 9.17) is 15.6 Å².